The number of amides is 1. The summed E-state index contributed by atoms with van der Waals surface area (Å²) in [4.78, 5) is 26.5. The molecule has 6 heteroatoms. The first-order valence-corrected chi connectivity index (χ1v) is 10.1. The van der Waals surface area contributed by atoms with Crippen LogP contribution in [0.15, 0.2) is 60.7 Å². The van der Waals surface area contributed by atoms with Gasteiger partial charge in [0.25, 0.3) is 0 Å². The second-order valence-electron chi connectivity index (χ2n) is 7.93. The first-order chi connectivity index (χ1) is 14.9. The van der Waals surface area contributed by atoms with E-state index >= 15 is 0 Å². The zero-order chi connectivity index (χ0) is 21.8. The highest BCUT2D eigenvalue weighted by Crippen LogP contribution is 2.56. The third kappa shape index (κ3) is 2.79. The van der Waals surface area contributed by atoms with E-state index in [1.165, 1.54) is 0 Å². The predicted octanol–water partition coefficient (Wildman–Crippen LogP) is 3.75. The van der Waals surface area contributed by atoms with Crippen molar-refractivity contribution < 1.29 is 19.1 Å². The molecule has 0 fully saturated rings. The maximum absolute atomic E-state index is 12.8. The van der Waals surface area contributed by atoms with Crippen molar-refractivity contribution in [1.29, 1.82) is 0 Å². The molecule has 3 aromatic carbocycles. The Hall–Kier alpha value is -3.80. The molecule has 3 aromatic rings. The molecule has 6 nitrogen and oxygen atoms in total. The van der Waals surface area contributed by atoms with Crippen molar-refractivity contribution in [1.82, 2.24) is 5.32 Å². The van der Waals surface area contributed by atoms with Crippen molar-refractivity contribution in [2.24, 2.45) is 0 Å². The average Bonchev–Trinajstić information content (AvgIpc) is 3.06. The van der Waals surface area contributed by atoms with Crippen LogP contribution in [0, 0.1) is 6.92 Å². The number of hydrogen-bond donors (Lipinski definition) is 1. The summed E-state index contributed by atoms with van der Waals surface area (Å²) >= 11 is 0. The van der Waals surface area contributed by atoms with Crippen molar-refractivity contribution in [3.8, 4) is 11.5 Å². The van der Waals surface area contributed by atoms with Crippen LogP contribution in [-0.2, 0) is 15.1 Å². The number of likely N-dealkylation sites (N-methyl/N-ethyl adjacent to an activating group) is 2. The number of aryl methyl sites for hydroxylation is 1. The van der Waals surface area contributed by atoms with E-state index in [4.69, 9.17) is 9.47 Å². The Morgan fingerprint density at radius 2 is 1.71 bits per heavy atom. The summed E-state index contributed by atoms with van der Waals surface area (Å²) in [5, 5.41) is 2.63. The zero-order valence-electron chi connectivity index (χ0n) is 17.6. The van der Waals surface area contributed by atoms with Crippen LogP contribution in [0.1, 0.15) is 32.6 Å². The molecular formula is C25H22N2O4. The lowest BCUT2D eigenvalue weighted by Crippen LogP contribution is -2.34. The van der Waals surface area contributed by atoms with Gasteiger partial charge in [0, 0.05) is 42.5 Å². The van der Waals surface area contributed by atoms with E-state index in [1.54, 1.807) is 13.1 Å². The lowest BCUT2D eigenvalue weighted by atomic mass is 9.77. The van der Waals surface area contributed by atoms with Crippen LogP contribution >= 0.6 is 0 Å². The fraction of sp³-hybridized carbons (Fsp3) is 0.200. The Morgan fingerprint density at radius 3 is 2.48 bits per heavy atom. The lowest BCUT2D eigenvalue weighted by Gasteiger charge is -2.37. The Labute approximate surface area is 180 Å². The molecule has 0 saturated heterocycles. The molecule has 1 spiro atoms. The van der Waals surface area contributed by atoms with Crippen molar-refractivity contribution >= 4 is 17.6 Å². The topological polar surface area (TPSA) is 67.9 Å². The monoisotopic (exact) mass is 414 g/mol. The standard InChI is InChI=1S/C25H22N2O4/c1-15-8-10-19-21(12-15)30-22-13-16(27(3)14-23(28)26-2)9-11-20(22)25(19)18-7-5-4-6-17(18)24(29)31-25/h4-13H,14H2,1-3H3,(H,26,28). The molecule has 5 rings (SSSR count). The molecule has 0 aromatic heterocycles. The maximum atomic E-state index is 12.8. The normalized spacial score (nSPS) is 17.8. The Morgan fingerprint density at radius 1 is 1.00 bits per heavy atom. The summed E-state index contributed by atoms with van der Waals surface area (Å²) in [6.07, 6.45) is 0. The molecule has 0 saturated carbocycles. The molecule has 1 atom stereocenters. The average molecular weight is 414 g/mol. The first-order valence-electron chi connectivity index (χ1n) is 10.1. The summed E-state index contributed by atoms with van der Waals surface area (Å²) in [6, 6.07) is 19.1. The number of nitrogens with one attached hydrogen (secondary N) is 1. The molecule has 1 unspecified atom stereocenters. The lowest BCUT2D eigenvalue weighted by molar-refractivity contribution is -0.119. The fourth-order valence-electron chi connectivity index (χ4n) is 4.40. The summed E-state index contributed by atoms with van der Waals surface area (Å²) < 4.78 is 12.4. The molecule has 1 N–H and O–H groups in total. The van der Waals surface area contributed by atoms with Gasteiger partial charge in [-0.3, -0.25) is 4.79 Å². The minimum absolute atomic E-state index is 0.0859. The number of esters is 1. The van der Waals surface area contributed by atoms with E-state index in [-0.39, 0.29) is 18.4 Å². The van der Waals surface area contributed by atoms with Gasteiger partial charge in [0.2, 0.25) is 5.91 Å². The molecule has 0 aliphatic carbocycles. The van der Waals surface area contributed by atoms with Crippen LogP contribution in [0.25, 0.3) is 0 Å². The highest BCUT2D eigenvalue weighted by atomic mass is 16.6. The van der Waals surface area contributed by atoms with Gasteiger partial charge in [0.05, 0.1) is 12.1 Å². The van der Waals surface area contributed by atoms with Gasteiger partial charge < -0.3 is 19.7 Å². The number of rotatable bonds is 3. The molecule has 156 valence electrons. The molecule has 1 amide bonds. The number of carbonyl (C=O) groups excluding carboxylic acids is 2. The molecule has 2 aliphatic heterocycles. The van der Waals surface area contributed by atoms with Crippen LogP contribution in [0.4, 0.5) is 5.69 Å². The highest BCUT2D eigenvalue weighted by molar-refractivity contribution is 5.97. The molecule has 31 heavy (non-hydrogen) atoms. The van der Waals surface area contributed by atoms with E-state index < -0.39 is 5.60 Å². The number of nitrogens with zero attached hydrogens (tertiary/aromatic N) is 1. The Kier molecular flexibility index (Phi) is 4.25. The van der Waals surface area contributed by atoms with E-state index in [1.807, 2.05) is 73.5 Å². The van der Waals surface area contributed by atoms with Gasteiger partial charge in [-0.05, 0) is 36.8 Å². The van der Waals surface area contributed by atoms with Crippen LogP contribution in [-0.4, -0.2) is 32.5 Å². The second-order valence-corrected chi connectivity index (χ2v) is 7.93. The van der Waals surface area contributed by atoms with Gasteiger partial charge in [-0.2, -0.15) is 0 Å². The van der Waals surface area contributed by atoms with E-state index in [9.17, 15) is 9.59 Å². The van der Waals surface area contributed by atoms with Gasteiger partial charge >= 0.3 is 5.97 Å². The van der Waals surface area contributed by atoms with E-state index in [2.05, 4.69) is 5.32 Å². The van der Waals surface area contributed by atoms with Crippen molar-refractivity contribution in [2.75, 3.05) is 25.5 Å². The highest BCUT2D eigenvalue weighted by Gasteiger charge is 2.53. The summed E-state index contributed by atoms with van der Waals surface area (Å²) in [7, 11) is 3.46. The van der Waals surface area contributed by atoms with Crippen LogP contribution < -0.4 is 15.0 Å². The smallest absolute Gasteiger partial charge is 0.340 e. The third-order valence-electron chi connectivity index (χ3n) is 5.95. The zero-order valence-corrected chi connectivity index (χ0v) is 17.6. The van der Waals surface area contributed by atoms with E-state index in [0.29, 0.717) is 17.1 Å². The molecule has 0 bridgehead atoms. The molecule has 0 radical (unpaired) electrons. The third-order valence-corrected chi connectivity index (χ3v) is 5.95. The number of ether oxygens (including phenoxy) is 2. The van der Waals surface area contributed by atoms with Crippen molar-refractivity contribution in [2.45, 2.75) is 12.5 Å². The number of anilines is 1. The molecule has 2 heterocycles. The number of benzene rings is 3. The van der Waals surface area contributed by atoms with Gasteiger partial charge in [-0.25, -0.2) is 4.79 Å². The number of hydrogen-bond acceptors (Lipinski definition) is 5. The summed E-state index contributed by atoms with van der Waals surface area (Å²) in [5.41, 5.74) is 3.73. The number of carbonyl (C=O) groups is 2. The van der Waals surface area contributed by atoms with Crippen LogP contribution in [0.2, 0.25) is 0 Å². The quantitative estimate of drug-likeness (QED) is 0.662. The van der Waals surface area contributed by atoms with Crippen LogP contribution in [0.5, 0.6) is 11.5 Å². The molecule has 2 aliphatic rings. The van der Waals surface area contributed by atoms with Crippen molar-refractivity contribution in [3.05, 3.63) is 88.5 Å². The van der Waals surface area contributed by atoms with E-state index in [0.717, 1.165) is 27.9 Å². The fourth-order valence-corrected chi connectivity index (χ4v) is 4.40. The van der Waals surface area contributed by atoms with Gasteiger partial charge in [-0.1, -0.05) is 30.3 Å². The maximum Gasteiger partial charge on any atom is 0.340 e. The summed E-state index contributed by atoms with van der Waals surface area (Å²) in [5.74, 6) is 0.819. The van der Waals surface area contributed by atoms with Gasteiger partial charge in [-0.15, -0.1) is 0 Å². The van der Waals surface area contributed by atoms with Gasteiger partial charge in [0.15, 0.2) is 5.60 Å². The van der Waals surface area contributed by atoms with Gasteiger partial charge in [0.1, 0.15) is 11.5 Å². The van der Waals surface area contributed by atoms with Crippen molar-refractivity contribution in [3.63, 3.8) is 0 Å². The Balaban J connectivity index is 1.71. The largest absolute Gasteiger partial charge is 0.456 e. The minimum atomic E-state index is -1.07. The summed E-state index contributed by atoms with van der Waals surface area (Å²) in [6.45, 7) is 2.21. The SMILES string of the molecule is CNC(=O)CN(C)c1ccc2c(c1)Oc1cc(C)ccc1C21OC(=O)c2ccccc21. The predicted molar refractivity (Wildman–Crippen MR) is 117 cm³/mol. The second kappa shape index (κ2) is 6.87. The Bertz CT molecular complexity index is 1240. The minimum Gasteiger partial charge on any atom is -0.456 e. The van der Waals surface area contributed by atoms with Crippen LogP contribution in [0.3, 0.4) is 0 Å². The number of fused-ring (bicyclic) bond motifs is 6. The molecular weight excluding hydrogens is 392 g/mol. The first kappa shape index (κ1) is 19.2.